The van der Waals surface area contributed by atoms with E-state index in [4.69, 9.17) is 0 Å². The fraction of sp³-hybridized carbons (Fsp3) is 0.571. The lowest BCUT2D eigenvalue weighted by molar-refractivity contribution is 0.324. The summed E-state index contributed by atoms with van der Waals surface area (Å²) in [6, 6.07) is 6.69. The predicted octanol–water partition coefficient (Wildman–Crippen LogP) is 4.83. The largest absolute Gasteiger partial charge is 0.371 e. The molecule has 0 spiro atoms. The quantitative estimate of drug-likeness (QED) is 0.683. The zero-order valence-corrected chi connectivity index (χ0v) is 13.6. The Bertz CT molecular complexity index is 392. The third-order valence-corrected chi connectivity index (χ3v) is 5.22. The molecule has 1 aromatic carbocycles. The van der Waals surface area contributed by atoms with Crippen molar-refractivity contribution in [2.45, 2.75) is 25.6 Å². The second-order valence-electron chi connectivity index (χ2n) is 5.10. The van der Waals surface area contributed by atoms with Crippen LogP contribution in [-0.2, 0) is 5.33 Å². The lowest BCUT2D eigenvalue weighted by Gasteiger charge is -2.37. The van der Waals surface area contributed by atoms with Gasteiger partial charge in [0.15, 0.2) is 0 Å². The van der Waals surface area contributed by atoms with E-state index in [0.717, 1.165) is 17.2 Å². The number of nitrogens with zero attached hydrogens (tertiary/aromatic N) is 1. The van der Waals surface area contributed by atoms with Gasteiger partial charge in [-0.2, -0.15) is 0 Å². The first-order chi connectivity index (χ1) is 8.11. The number of anilines is 1. The second-order valence-corrected chi connectivity index (χ2v) is 6.51. The molecule has 1 heterocycles. The van der Waals surface area contributed by atoms with Gasteiger partial charge in [-0.3, -0.25) is 0 Å². The van der Waals surface area contributed by atoms with Gasteiger partial charge in [-0.05, 0) is 36.0 Å². The van der Waals surface area contributed by atoms with Crippen LogP contribution in [-0.4, -0.2) is 13.1 Å². The van der Waals surface area contributed by atoms with Crippen LogP contribution in [0.3, 0.4) is 0 Å². The van der Waals surface area contributed by atoms with Gasteiger partial charge >= 0.3 is 0 Å². The van der Waals surface area contributed by atoms with Gasteiger partial charge in [-0.15, -0.1) is 0 Å². The van der Waals surface area contributed by atoms with E-state index in [1.807, 2.05) is 0 Å². The van der Waals surface area contributed by atoms with Crippen molar-refractivity contribution in [1.29, 1.82) is 0 Å². The molecule has 2 unspecified atom stereocenters. The predicted molar refractivity (Wildman–Crippen MR) is 81.9 cm³/mol. The van der Waals surface area contributed by atoms with Gasteiger partial charge in [0, 0.05) is 28.6 Å². The van der Waals surface area contributed by atoms with E-state index in [2.05, 4.69) is 68.8 Å². The molecular formula is C14H19Br2N. The minimum atomic E-state index is 0.790. The van der Waals surface area contributed by atoms with Crippen molar-refractivity contribution >= 4 is 37.5 Å². The average Bonchev–Trinajstić information content (AvgIpc) is 2.32. The summed E-state index contributed by atoms with van der Waals surface area (Å²) >= 11 is 7.15. The number of rotatable bonds is 2. The van der Waals surface area contributed by atoms with Crippen LogP contribution < -0.4 is 4.90 Å². The number of alkyl halides is 1. The van der Waals surface area contributed by atoms with Crippen LogP contribution in [0.1, 0.15) is 25.8 Å². The molecule has 2 rings (SSSR count). The Balaban J connectivity index is 2.15. The van der Waals surface area contributed by atoms with E-state index in [0.29, 0.717) is 0 Å². The normalized spacial score (nSPS) is 25.1. The topological polar surface area (TPSA) is 3.24 Å². The molecule has 0 N–H and O–H groups in total. The van der Waals surface area contributed by atoms with Gasteiger partial charge in [0.1, 0.15) is 0 Å². The standard InChI is InChI=1S/C14H19Br2N/c1-10-5-6-17(9-11(10)2)13-4-3-12(8-15)14(16)7-13/h3-4,7,10-11H,5-6,8-9H2,1-2H3. The van der Waals surface area contributed by atoms with E-state index in [-0.39, 0.29) is 0 Å². The van der Waals surface area contributed by atoms with Crippen LogP contribution >= 0.6 is 31.9 Å². The molecule has 94 valence electrons. The zero-order valence-electron chi connectivity index (χ0n) is 10.4. The summed E-state index contributed by atoms with van der Waals surface area (Å²) in [5.74, 6) is 1.65. The fourth-order valence-corrected chi connectivity index (χ4v) is 3.71. The maximum Gasteiger partial charge on any atom is 0.0377 e. The molecule has 0 radical (unpaired) electrons. The summed E-state index contributed by atoms with van der Waals surface area (Å²) in [5, 5.41) is 0.904. The van der Waals surface area contributed by atoms with E-state index >= 15 is 0 Å². The molecular weight excluding hydrogens is 342 g/mol. The number of halogens is 2. The maximum absolute atomic E-state index is 3.64. The van der Waals surface area contributed by atoms with Crippen molar-refractivity contribution in [2.24, 2.45) is 11.8 Å². The molecule has 2 atom stereocenters. The summed E-state index contributed by atoms with van der Waals surface area (Å²) in [7, 11) is 0. The summed E-state index contributed by atoms with van der Waals surface area (Å²) in [5.41, 5.74) is 2.66. The lowest BCUT2D eigenvalue weighted by Crippen LogP contribution is -2.38. The molecule has 0 aliphatic carbocycles. The Labute approximate surface area is 121 Å². The zero-order chi connectivity index (χ0) is 12.4. The molecule has 1 aliphatic rings. The fourth-order valence-electron chi connectivity index (χ4n) is 2.34. The number of hydrogen-bond donors (Lipinski definition) is 0. The third kappa shape index (κ3) is 3.05. The van der Waals surface area contributed by atoms with Gasteiger partial charge in [0.25, 0.3) is 0 Å². The molecule has 0 saturated carbocycles. The molecule has 1 fully saturated rings. The molecule has 17 heavy (non-hydrogen) atoms. The van der Waals surface area contributed by atoms with Crippen LogP contribution in [0.4, 0.5) is 5.69 Å². The third-order valence-electron chi connectivity index (χ3n) is 3.88. The summed E-state index contributed by atoms with van der Waals surface area (Å²) in [6.07, 6.45) is 1.30. The Kier molecular flexibility index (Phi) is 4.53. The first kappa shape index (κ1) is 13.4. The van der Waals surface area contributed by atoms with Crippen molar-refractivity contribution in [3.05, 3.63) is 28.2 Å². The van der Waals surface area contributed by atoms with Crippen molar-refractivity contribution in [3.8, 4) is 0 Å². The number of hydrogen-bond acceptors (Lipinski definition) is 1. The van der Waals surface area contributed by atoms with E-state index in [1.54, 1.807) is 0 Å². The molecule has 0 amide bonds. The molecule has 1 aliphatic heterocycles. The van der Waals surface area contributed by atoms with E-state index in [1.165, 1.54) is 35.2 Å². The average molecular weight is 361 g/mol. The minimum absolute atomic E-state index is 0.790. The molecule has 0 bridgehead atoms. The van der Waals surface area contributed by atoms with E-state index in [9.17, 15) is 0 Å². The van der Waals surface area contributed by atoms with Crippen LogP contribution in [0.5, 0.6) is 0 Å². The molecule has 1 aromatic rings. The minimum Gasteiger partial charge on any atom is -0.371 e. The first-order valence-corrected chi connectivity index (χ1v) is 8.12. The Morgan fingerprint density at radius 3 is 2.65 bits per heavy atom. The van der Waals surface area contributed by atoms with Crippen LogP contribution in [0.25, 0.3) is 0 Å². The summed E-state index contributed by atoms with van der Waals surface area (Å²) in [4.78, 5) is 2.51. The van der Waals surface area contributed by atoms with Gasteiger partial charge < -0.3 is 4.90 Å². The van der Waals surface area contributed by atoms with E-state index < -0.39 is 0 Å². The molecule has 0 aromatic heterocycles. The van der Waals surface area contributed by atoms with Gasteiger partial charge in [0.2, 0.25) is 0 Å². The van der Waals surface area contributed by atoms with Crippen molar-refractivity contribution in [3.63, 3.8) is 0 Å². The maximum atomic E-state index is 3.64. The monoisotopic (exact) mass is 359 g/mol. The highest BCUT2D eigenvalue weighted by Gasteiger charge is 2.22. The van der Waals surface area contributed by atoms with Gasteiger partial charge in [0.05, 0.1) is 0 Å². The van der Waals surface area contributed by atoms with Crippen molar-refractivity contribution in [1.82, 2.24) is 0 Å². The highest BCUT2D eigenvalue weighted by atomic mass is 79.9. The Morgan fingerprint density at radius 1 is 1.29 bits per heavy atom. The number of benzene rings is 1. The molecule has 3 heteroatoms. The highest BCUT2D eigenvalue weighted by Crippen LogP contribution is 2.30. The first-order valence-electron chi connectivity index (χ1n) is 6.21. The van der Waals surface area contributed by atoms with Crippen molar-refractivity contribution < 1.29 is 0 Å². The van der Waals surface area contributed by atoms with Crippen LogP contribution in [0, 0.1) is 11.8 Å². The lowest BCUT2D eigenvalue weighted by atomic mass is 9.88. The van der Waals surface area contributed by atoms with Crippen LogP contribution in [0.15, 0.2) is 22.7 Å². The summed E-state index contributed by atoms with van der Waals surface area (Å²) < 4.78 is 1.21. The second kappa shape index (κ2) is 5.75. The van der Waals surface area contributed by atoms with Gasteiger partial charge in [-0.1, -0.05) is 51.8 Å². The summed E-state index contributed by atoms with van der Waals surface area (Å²) in [6.45, 7) is 7.09. The smallest absolute Gasteiger partial charge is 0.0377 e. The van der Waals surface area contributed by atoms with Gasteiger partial charge in [-0.25, -0.2) is 0 Å². The highest BCUT2D eigenvalue weighted by molar-refractivity contribution is 9.10. The Morgan fingerprint density at radius 2 is 2.06 bits per heavy atom. The Hall–Kier alpha value is -0.0200. The number of piperidine rings is 1. The SMILES string of the molecule is CC1CCN(c2ccc(CBr)c(Br)c2)CC1C. The van der Waals surface area contributed by atoms with Crippen molar-refractivity contribution in [2.75, 3.05) is 18.0 Å². The molecule has 1 nitrogen and oxygen atoms in total. The van der Waals surface area contributed by atoms with Crippen LogP contribution in [0.2, 0.25) is 0 Å². The molecule has 1 saturated heterocycles.